The molecule has 1 aliphatic rings. The number of piperazine rings is 1. The minimum Gasteiger partial charge on any atom is -0.465 e. The fourth-order valence-electron chi connectivity index (χ4n) is 2.95. The van der Waals surface area contributed by atoms with E-state index in [1.165, 1.54) is 4.31 Å². The lowest BCUT2D eigenvalue weighted by atomic mass is 10.1. The van der Waals surface area contributed by atoms with E-state index in [0.29, 0.717) is 13.1 Å². The predicted molar refractivity (Wildman–Crippen MR) is 91.5 cm³/mol. The van der Waals surface area contributed by atoms with E-state index in [4.69, 9.17) is 0 Å². The molecule has 1 fully saturated rings. The lowest BCUT2D eigenvalue weighted by Gasteiger charge is -2.35. The van der Waals surface area contributed by atoms with E-state index in [2.05, 4.69) is 15.0 Å². The Bertz CT molecular complexity index is 905. The molecule has 0 spiro atoms. The smallest absolute Gasteiger partial charge is 0.339 e. The number of aromatic nitrogens is 1. The van der Waals surface area contributed by atoms with Gasteiger partial charge < -0.3 is 10.1 Å². The molecule has 2 heterocycles. The number of hydrogen-bond donors (Lipinski definition) is 1. The molecule has 1 aromatic heterocycles. The van der Waals surface area contributed by atoms with E-state index >= 15 is 0 Å². The second kappa shape index (κ2) is 7.48. The Morgan fingerprint density at radius 1 is 1.38 bits per heavy atom. The molecule has 0 saturated carbocycles. The second-order valence-electron chi connectivity index (χ2n) is 5.75. The molecule has 3 rings (SSSR count). The van der Waals surface area contributed by atoms with Crippen LogP contribution in [-0.4, -0.2) is 50.4 Å². The number of carbonyl (C=O) groups excluding carboxylic acids is 1. The van der Waals surface area contributed by atoms with Gasteiger partial charge in [-0.15, -0.1) is 0 Å². The quantitative estimate of drug-likeness (QED) is 0.807. The van der Waals surface area contributed by atoms with Gasteiger partial charge in [-0.25, -0.2) is 17.6 Å². The Hall–Kier alpha value is -2.36. The molecule has 1 atom stereocenters. The average Bonchev–Trinajstić information content (AvgIpc) is 2.67. The lowest BCUT2D eigenvalue weighted by Crippen LogP contribution is -2.48. The second-order valence-corrected chi connectivity index (χ2v) is 7.61. The van der Waals surface area contributed by atoms with Crippen molar-refractivity contribution in [2.24, 2.45) is 0 Å². The fraction of sp³-hybridized carbons (Fsp3) is 0.294. The molecule has 0 amide bonds. The van der Waals surface area contributed by atoms with Gasteiger partial charge in [-0.05, 0) is 29.8 Å². The molecule has 1 unspecified atom stereocenters. The van der Waals surface area contributed by atoms with Crippen molar-refractivity contribution in [3.63, 3.8) is 0 Å². The molecule has 0 aliphatic carbocycles. The summed E-state index contributed by atoms with van der Waals surface area (Å²) in [6, 6.07) is 6.02. The van der Waals surface area contributed by atoms with Crippen LogP contribution in [0.5, 0.6) is 0 Å². The highest BCUT2D eigenvalue weighted by molar-refractivity contribution is 7.89. The van der Waals surface area contributed by atoms with Gasteiger partial charge in [-0.3, -0.25) is 4.98 Å². The summed E-state index contributed by atoms with van der Waals surface area (Å²) < 4.78 is 46.0. The molecule has 7 nitrogen and oxygen atoms in total. The van der Waals surface area contributed by atoms with Crippen LogP contribution in [-0.2, 0) is 14.8 Å². The summed E-state index contributed by atoms with van der Waals surface area (Å²) >= 11 is 0. The molecule has 1 saturated heterocycles. The van der Waals surface area contributed by atoms with Crippen molar-refractivity contribution in [3.05, 3.63) is 59.7 Å². The molecule has 0 bridgehead atoms. The van der Waals surface area contributed by atoms with Crippen LogP contribution in [0.25, 0.3) is 0 Å². The zero-order valence-electron chi connectivity index (χ0n) is 14.1. The number of esters is 1. The Morgan fingerprint density at radius 2 is 2.19 bits per heavy atom. The van der Waals surface area contributed by atoms with Crippen LogP contribution in [0.1, 0.15) is 22.0 Å². The molecule has 0 radical (unpaired) electrons. The molecular weight excluding hydrogens is 361 g/mol. The van der Waals surface area contributed by atoms with Crippen LogP contribution >= 0.6 is 0 Å². The monoisotopic (exact) mass is 379 g/mol. The topological polar surface area (TPSA) is 88.6 Å². The van der Waals surface area contributed by atoms with Gasteiger partial charge in [0, 0.05) is 32.0 Å². The van der Waals surface area contributed by atoms with Crippen molar-refractivity contribution in [2.45, 2.75) is 10.9 Å². The van der Waals surface area contributed by atoms with E-state index in [1.54, 1.807) is 24.5 Å². The predicted octanol–water partition coefficient (Wildman–Crippen LogP) is 1.34. The first-order valence-electron chi connectivity index (χ1n) is 7.95. The SMILES string of the molecule is COC(=O)c1cc(F)ccc1S(=O)(=O)N1CCNCC1c1cccnc1. The summed E-state index contributed by atoms with van der Waals surface area (Å²) in [7, 11) is -2.95. The molecule has 1 aromatic carbocycles. The Morgan fingerprint density at radius 3 is 2.88 bits per heavy atom. The van der Waals surface area contributed by atoms with E-state index in [9.17, 15) is 17.6 Å². The first kappa shape index (κ1) is 18.4. The molecule has 9 heteroatoms. The van der Waals surface area contributed by atoms with Crippen molar-refractivity contribution >= 4 is 16.0 Å². The van der Waals surface area contributed by atoms with Crippen LogP contribution < -0.4 is 5.32 Å². The van der Waals surface area contributed by atoms with Crippen molar-refractivity contribution in [2.75, 3.05) is 26.7 Å². The maximum Gasteiger partial charge on any atom is 0.339 e. The number of carbonyl (C=O) groups is 1. The normalized spacial score (nSPS) is 18.5. The summed E-state index contributed by atoms with van der Waals surface area (Å²) in [5, 5.41) is 3.16. The van der Waals surface area contributed by atoms with Crippen LogP contribution in [0, 0.1) is 5.82 Å². The fourth-order valence-corrected chi connectivity index (χ4v) is 4.73. The van der Waals surface area contributed by atoms with Gasteiger partial charge in [-0.1, -0.05) is 6.07 Å². The number of hydrogen-bond acceptors (Lipinski definition) is 6. The van der Waals surface area contributed by atoms with Gasteiger partial charge in [0.1, 0.15) is 5.82 Å². The highest BCUT2D eigenvalue weighted by Gasteiger charge is 2.37. The van der Waals surface area contributed by atoms with Gasteiger partial charge in [0.2, 0.25) is 10.0 Å². The number of nitrogens with zero attached hydrogens (tertiary/aromatic N) is 2. The number of halogens is 1. The minimum atomic E-state index is -4.06. The number of sulfonamides is 1. The molecule has 26 heavy (non-hydrogen) atoms. The zero-order valence-corrected chi connectivity index (χ0v) is 14.9. The van der Waals surface area contributed by atoms with Crippen LogP contribution in [0.2, 0.25) is 0 Å². The molecule has 138 valence electrons. The van der Waals surface area contributed by atoms with Gasteiger partial charge >= 0.3 is 5.97 Å². The van der Waals surface area contributed by atoms with Crippen LogP contribution in [0.4, 0.5) is 4.39 Å². The molecule has 2 aromatic rings. The van der Waals surface area contributed by atoms with Crippen molar-refractivity contribution < 1.29 is 22.3 Å². The van der Waals surface area contributed by atoms with Gasteiger partial charge in [0.25, 0.3) is 0 Å². The van der Waals surface area contributed by atoms with Gasteiger partial charge in [0.05, 0.1) is 23.6 Å². The number of methoxy groups -OCH3 is 1. The lowest BCUT2D eigenvalue weighted by molar-refractivity contribution is 0.0595. The van der Waals surface area contributed by atoms with E-state index in [1.807, 2.05) is 0 Å². The number of ether oxygens (including phenoxy) is 1. The average molecular weight is 379 g/mol. The third kappa shape index (κ3) is 3.46. The van der Waals surface area contributed by atoms with Crippen molar-refractivity contribution in [1.82, 2.24) is 14.6 Å². The molecular formula is C17H18FN3O4S. The van der Waals surface area contributed by atoms with E-state index < -0.39 is 27.9 Å². The maximum atomic E-state index is 13.6. The Kier molecular flexibility index (Phi) is 5.30. The third-order valence-electron chi connectivity index (χ3n) is 4.20. The zero-order chi connectivity index (χ0) is 18.7. The summed E-state index contributed by atoms with van der Waals surface area (Å²) in [5.41, 5.74) is 0.404. The van der Waals surface area contributed by atoms with Gasteiger partial charge in [0.15, 0.2) is 0 Å². The standard InChI is InChI=1S/C17H18FN3O4S/c1-25-17(22)14-9-13(18)4-5-16(14)26(23,24)21-8-7-20-11-15(21)12-3-2-6-19-10-12/h2-6,9-10,15,20H,7-8,11H2,1H3. The van der Waals surface area contributed by atoms with Crippen LogP contribution in [0.15, 0.2) is 47.6 Å². The third-order valence-corrected chi connectivity index (χ3v) is 6.16. The number of nitrogens with one attached hydrogen (secondary N) is 1. The summed E-state index contributed by atoms with van der Waals surface area (Å²) in [6.45, 7) is 1.07. The number of pyridine rings is 1. The molecule has 1 N–H and O–H groups in total. The van der Waals surface area contributed by atoms with E-state index in [-0.39, 0.29) is 17.0 Å². The van der Waals surface area contributed by atoms with Crippen molar-refractivity contribution in [1.29, 1.82) is 0 Å². The first-order chi connectivity index (χ1) is 12.4. The number of rotatable bonds is 4. The highest BCUT2D eigenvalue weighted by atomic mass is 32.2. The van der Waals surface area contributed by atoms with E-state index in [0.717, 1.165) is 30.9 Å². The van der Waals surface area contributed by atoms with Crippen LogP contribution in [0.3, 0.4) is 0 Å². The first-order valence-corrected chi connectivity index (χ1v) is 9.39. The van der Waals surface area contributed by atoms with Gasteiger partial charge in [-0.2, -0.15) is 4.31 Å². The summed E-state index contributed by atoms with van der Waals surface area (Å²) in [5.74, 6) is -1.62. The van der Waals surface area contributed by atoms with Crippen molar-refractivity contribution in [3.8, 4) is 0 Å². The molecule has 1 aliphatic heterocycles. The minimum absolute atomic E-state index is 0.208. The maximum absolute atomic E-state index is 13.6. The summed E-state index contributed by atoms with van der Waals surface area (Å²) in [6.07, 6.45) is 3.21. The largest absolute Gasteiger partial charge is 0.465 e. The summed E-state index contributed by atoms with van der Waals surface area (Å²) in [4.78, 5) is 15.7. The highest BCUT2D eigenvalue weighted by Crippen LogP contribution is 2.30. The number of benzene rings is 1. The Labute approximate surface area is 150 Å². The Balaban J connectivity index is 2.08.